The fourth-order valence-corrected chi connectivity index (χ4v) is 3.85. The number of methoxy groups -OCH3 is 2. The van der Waals surface area contributed by atoms with E-state index in [2.05, 4.69) is 20.7 Å². The third-order valence-electron chi connectivity index (χ3n) is 3.37. The molecule has 0 spiro atoms. The zero-order valence-electron chi connectivity index (χ0n) is 12.9. The fourth-order valence-electron chi connectivity index (χ4n) is 1.85. The Hall–Kier alpha value is -1.12. The maximum absolute atomic E-state index is 12.6. The number of nitrogens with one attached hydrogen (secondary N) is 1. The second-order valence-electron chi connectivity index (χ2n) is 4.80. The Morgan fingerprint density at radius 1 is 1.36 bits per heavy atom. The minimum Gasteiger partial charge on any atom is -0.495 e. The zero-order chi connectivity index (χ0) is 16.9. The van der Waals surface area contributed by atoms with Crippen LogP contribution >= 0.6 is 15.9 Å². The highest BCUT2D eigenvalue weighted by molar-refractivity contribution is 9.10. The van der Waals surface area contributed by atoms with Gasteiger partial charge in [0.1, 0.15) is 16.7 Å². The van der Waals surface area contributed by atoms with Crippen molar-refractivity contribution in [2.24, 2.45) is 5.92 Å². The summed E-state index contributed by atoms with van der Waals surface area (Å²) < 4.78 is 38.0. The standard InChI is InChI=1S/C14H20BrNO5S/c1-5-9(2)13(14(17)21-4)16-22(18,19)12-8-10(15)6-7-11(12)20-3/h6-9,13,16H,5H2,1-4H3/t9-,13+/m0/s1. The summed E-state index contributed by atoms with van der Waals surface area (Å²) in [6, 6.07) is 3.68. The highest BCUT2D eigenvalue weighted by Crippen LogP contribution is 2.28. The second-order valence-corrected chi connectivity index (χ2v) is 7.40. The molecule has 0 unspecified atom stereocenters. The van der Waals surface area contributed by atoms with Gasteiger partial charge in [-0.05, 0) is 24.1 Å². The molecule has 124 valence electrons. The normalized spacial score (nSPS) is 14.2. The van der Waals surface area contributed by atoms with Crippen LogP contribution in [0.25, 0.3) is 0 Å². The van der Waals surface area contributed by atoms with Crippen molar-refractivity contribution in [3.63, 3.8) is 0 Å². The molecule has 0 aliphatic heterocycles. The van der Waals surface area contributed by atoms with Crippen LogP contribution in [0, 0.1) is 5.92 Å². The van der Waals surface area contributed by atoms with Gasteiger partial charge in [0.2, 0.25) is 10.0 Å². The molecule has 0 aliphatic rings. The Kier molecular flexibility index (Phi) is 6.83. The summed E-state index contributed by atoms with van der Waals surface area (Å²) in [5, 5.41) is 0. The molecule has 0 saturated heterocycles. The smallest absolute Gasteiger partial charge is 0.324 e. The van der Waals surface area contributed by atoms with Crippen LogP contribution in [0.1, 0.15) is 20.3 Å². The molecule has 1 aromatic rings. The maximum atomic E-state index is 12.6. The first kappa shape index (κ1) is 18.9. The lowest BCUT2D eigenvalue weighted by molar-refractivity contribution is -0.143. The molecular weight excluding hydrogens is 374 g/mol. The SMILES string of the molecule is CC[C@H](C)[C@@H](NS(=O)(=O)c1cc(Br)ccc1OC)C(=O)OC. The summed E-state index contributed by atoms with van der Waals surface area (Å²) in [6.07, 6.45) is 0.623. The van der Waals surface area contributed by atoms with Crippen LogP contribution in [0.2, 0.25) is 0 Å². The van der Waals surface area contributed by atoms with Gasteiger partial charge in [0.25, 0.3) is 0 Å². The lowest BCUT2D eigenvalue weighted by atomic mass is 10.0. The van der Waals surface area contributed by atoms with Crippen molar-refractivity contribution in [2.45, 2.75) is 31.2 Å². The number of hydrogen-bond acceptors (Lipinski definition) is 5. The van der Waals surface area contributed by atoms with Crippen LogP contribution in [0.4, 0.5) is 0 Å². The number of ether oxygens (including phenoxy) is 2. The Bertz CT molecular complexity index is 632. The lowest BCUT2D eigenvalue weighted by Gasteiger charge is -2.22. The molecule has 8 heteroatoms. The van der Waals surface area contributed by atoms with Crippen LogP contribution in [0.15, 0.2) is 27.6 Å². The van der Waals surface area contributed by atoms with E-state index in [0.29, 0.717) is 10.9 Å². The number of sulfonamides is 1. The van der Waals surface area contributed by atoms with Crippen molar-refractivity contribution in [3.8, 4) is 5.75 Å². The Labute approximate surface area is 139 Å². The van der Waals surface area contributed by atoms with Crippen molar-refractivity contribution in [3.05, 3.63) is 22.7 Å². The minimum atomic E-state index is -3.94. The number of carbonyl (C=O) groups excluding carboxylic acids is 1. The number of hydrogen-bond donors (Lipinski definition) is 1. The Morgan fingerprint density at radius 2 is 2.00 bits per heavy atom. The predicted molar refractivity (Wildman–Crippen MR) is 86.3 cm³/mol. The van der Waals surface area contributed by atoms with Crippen LogP contribution < -0.4 is 9.46 Å². The van der Waals surface area contributed by atoms with E-state index >= 15 is 0 Å². The van der Waals surface area contributed by atoms with E-state index < -0.39 is 22.0 Å². The van der Waals surface area contributed by atoms with E-state index in [-0.39, 0.29) is 16.6 Å². The number of rotatable bonds is 7. The summed E-state index contributed by atoms with van der Waals surface area (Å²) in [4.78, 5) is 11.8. The van der Waals surface area contributed by atoms with E-state index in [1.807, 2.05) is 6.92 Å². The molecular formula is C14H20BrNO5S. The number of esters is 1. The van der Waals surface area contributed by atoms with Crippen LogP contribution in [0.5, 0.6) is 5.75 Å². The van der Waals surface area contributed by atoms with Gasteiger partial charge in [-0.25, -0.2) is 8.42 Å². The first-order chi connectivity index (χ1) is 10.3. The highest BCUT2D eigenvalue weighted by Gasteiger charge is 2.31. The molecule has 0 heterocycles. The highest BCUT2D eigenvalue weighted by atomic mass is 79.9. The third-order valence-corrected chi connectivity index (χ3v) is 5.32. The minimum absolute atomic E-state index is 0.0402. The predicted octanol–water partition coefficient (Wildman–Crippen LogP) is 2.32. The zero-order valence-corrected chi connectivity index (χ0v) is 15.3. The van der Waals surface area contributed by atoms with Gasteiger partial charge in [-0.2, -0.15) is 4.72 Å². The van der Waals surface area contributed by atoms with Crippen LogP contribution in [0.3, 0.4) is 0 Å². The van der Waals surface area contributed by atoms with Crippen molar-refractivity contribution in [1.82, 2.24) is 4.72 Å². The van der Waals surface area contributed by atoms with Gasteiger partial charge in [-0.3, -0.25) is 4.79 Å². The largest absolute Gasteiger partial charge is 0.495 e. The molecule has 0 amide bonds. The van der Waals surface area contributed by atoms with Crippen molar-refractivity contribution >= 4 is 31.9 Å². The van der Waals surface area contributed by atoms with Gasteiger partial charge in [-0.15, -0.1) is 0 Å². The summed E-state index contributed by atoms with van der Waals surface area (Å²) in [6.45, 7) is 3.65. The quantitative estimate of drug-likeness (QED) is 0.718. The number of carbonyl (C=O) groups is 1. The molecule has 0 radical (unpaired) electrons. The van der Waals surface area contributed by atoms with E-state index in [4.69, 9.17) is 9.47 Å². The first-order valence-corrected chi connectivity index (χ1v) is 8.98. The fraction of sp³-hybridized carbons (Fsp3) is 0.500. The number of halogens is 1. The molecule has 22 heavy (non-hydrogen) atoms. The molecule has 2 atom stereocenters. The van der Waals surface area contributed by atoms with E-state index in [1.165, 1.54) is 26.4 Å². The van der Waals surface area contributed by atoms with Crippen LogP contribution in [-0.2, 0) is 19.6 Å². The summed E-state index contributed by atoms with van der Waals surface area (Å²) in [5.41, 5.74) is 0. The second kappa shape index (κ2) is 7.94. The molecule has 6 nitrogen and oxygen atoms in total. The van der Waals surface area contributed by atoms with Gasteiger partial charge in [0.15, 0.2) is 0 Å². The average Bonchev–Trinajstić information content (AvgIpc) is 2.51. The molecule has 1 rings (SSSR count). The first-order valence-electron chi connectivity index (χ1n) is 6.70. The van der Waals surface area contributed by atoms with Gasteiger partial charge in [0.05, 0.1) is 14.2 Å². The van der Waals surface area contributed by atoms with Crippen molar-refractivity contribution in [1.29, 1.82) is 0 Å². The molecule has 1 aromatic carbocycles. The van der Waals surface area contributed by atoms with Gasteiger partial charge in [0, 0.05) is 4.47 Å². The van der Waals surface area contributed by atoms with Gasteiger partial charge >= 0.3 is 5.97 Å². The maximum Gasteiger partial charge on any atom is 0.324 e. The summed E-state index contributed by atoms with van der Waals surface area (Å²) >= 11 is 3.23. The molecule has 0 bridgehead atoms. The monoisotopic (exact) mass is 393 g/mol. The van der Waals surface area contributed by atoms with Gasteiger partial charge < -0.3 is 9.47 Å². The summed E-state index contributed by atoms with van der Waals surface area (Å²) in [7, 11) is -1.33. The Balaban J connectivity index is 3.23. The van der Waals surface area contributed by atoms with Crippen molar-refractivity contribution in [2.75, 3.05) is 14.2 Å². The number of benzene rings is 1. The molecule has 0 fully saturated rings. The topological polar surface area (TPSA) is 81.7 Å². The lowest BCUT2D eigenvalue weighted by Crippen LogP contribution is -2.45. The molecule has 0 aliphatic carbocycles. The Morgan fingerprint density at radius 3 is 2.50 bits per heavy atom. The van der Waals surface area contributed by atoms with Crippen molar-refractivity contribution < 1.29 is 22.7 Å². The summed E-state index contributed by atoms with van der Waals surface area (Å²) in [5.74, 6) is -0.629. The average molecular weight is 394 g/mol. The molecule has 0 aromatic heterocycles. The molecule has 0 saturated carbocycles. The van der Waals surface area contributed by atoms with E-state index in [1.54, 1.807) is 13.0 Å². The molecule has 1 N–H and O–H groups in total. The van der Waals surface area contributed by atoms with E-state index in [0.717, 1.165) is 0 Å². The van der Waals surface area contributed by atoms with E-state index in [9.17, 15) is 13.2 Å². The van der Waals surface area contributed by atoms with Gasteiger partial charge in [-0.1, -0.05) is 36.2 Å². The third kappa shape index (κ3) is 4.44. The van der Waals surface area contributed by atoms with Crippen LogP contribution in [-0.4, -0.2) is 34.6 Å².